The molecule has 0 aliphatic carbocycles. The quantitative estimate of drug-likeness (QED) is 0.833. The van der Waals surface area contributed by atoms with Gasteiger partial charge in [0, 0.05) is 25.7 Å². The Hall–Kier alpha value is -0.770. The highest BCUT2D eigenvalue weighted by Gasteiger charge is 2.28. The monoisotopic (exact) mass is 309 g/mol. The van der Waals surface area contributed by atoms with Crippen molar-refractivity contribution in [2.24, 2.45) is 0 Å². The molecule has 0 aromatic heterocycles. The van der Waals surface area contributed by atoms with E-state index in [1.54, 1.807) is 0 Å². The molecule has 3 nitrogen and oxygen atoms in total. The highest BCUT2D eigenvalue weighted by molar-refractivity contribution is 6.33. The van der Waals surface area contributed by atoms with Gasteiger partial charge in [-0.1, -0.05) is 44.5 Å². The highest BCUT2D eigenvalue weighted by Crippen LogP contribution is 2.33. The summed E-state index contributed by atoms with van der Waals surface area (Å²) in [4.78, 5) is 5.03. The lowest BCUT2D eigenvalue weighted by atomic mass is 10.1. The van der Waals surface area contributed by atoms with Gasteiger partial charge in [-0.25, -0.2) is 0 Å². The zero-order valence-corrected chi connectivity index (χ0v) is 14.3. The van der Waals surface area contributed by atoms with Crippen molar-refractivity contribution >= 4 is 17.3 Å². The van der Waals surface area contributed by atoms with Crippen LogP contribution in [0, 0.1) is 0 Å². The van der Waals surface area contributed by atoms with Crippen LogP contribution < -0.4 is 10.2 Å². The minimum Gasteiger partial charge on any atom is -0.368 e. The Bertz CT molecular complexity index is 446. The number of hydrogen-bond donors (Lipinski definition) is 1. The van der Waals surface area contributed by atoms with Gasteiger partial charge in [0.05, 0.1) is 10.7 Å². The zero-order valence-electron chi connectivity index (χ0n) is 13.5. The molecule has 1 aromatic carbocycles. The molecule has 0 saturated carbocycles. The van der Waals surface area contributed by atoms with E-state index in [9.17, 15) is 0 Å². The summed E-state index contributed by atoms with van der Waals surface area (Å²) < 4.78 is 0. The second-order valence-electron chi connectivity index (χ2n) is 5.64. The van der Waals surface area contributed by atoms with E-state index in [0.29, 0.717) is 6.04 Å². The number of rotatable bonds is 7. The van der Waals surface area contributed by atoms with Gasteiger partial charge in [-0.3, -0.25) is 4.90 Å². The summed E-state index contributed by atoms with van der Waals surface area (Å²) in [6.45, 7) is 12.9. The molecule has 1 heterocycles. The van der Waals surface area contributed by atoms with Crippen LogP contribution in [-0.2, 0) is 6.54 Å². The summed E-state index contributed by atoms with van der Waals surface area (Å²) in [5.74, 6) is 0. The number of likely N-dealkylation sites (N-methyl/N-ethyl adjacent to an activating group) is 1. The molecule has 21 heavy (non-hydrogen) atoms. The van der Waals surface area contributed by atoms with Gasteiger partial charge in [0.25, 0.3) is 0 Å². The predicted octanol–water partition coefficient (Wildman–Crippen LogP) is 3.37. The van der Waals surface area contributed by atoms with E-state index in [-0.39, 0.29) is 0 Å². The molecule has 1 saturated heterocycles. The van der Waals surface area contributed by atoms with Gasteiger partial charge in [0.15, 0.2) is 0 Å². The lowest BCUT2D eigenvalue weighted by Crippen LogP contribution is -2.37. The number of para-hydroxylation sites is 1. The maximum absolute atomic E-state index is 6.50. The minimum absolute atomic E-state index is 0.656. The van der Waals surface area contributed by atoms with Gasteiger partial charge in [0.2, 0.25) is 0 Å². The number of benzene rings is 1. The molecule has 1 unspecified atom stereocenters. The molecule has 118 valence electrons. The van der Waals surface area contributed by atoms with E-state index >= 15 is 0 Å². The van der Waals surface area contributed by atoms with E-state index in [2.05, 4.69) is 48.0 Å². The van der Waals surface area contributed by atoms with Gasteiger partial charge >= 0.3 is 0 Å². The van der Waals surface area contributed by atoms with Crippen LogP contribution in [0.25, 0.3) is 0 Å². The molecule has 0 radical (unpaired) electrons. The van der Waals surface area contributed by atoms with Crippen molar-refractivity contribution in [2.45, 2.75) is 39.8 Å². The summed E-state index contributed by atoms with van der Waals surface area (Å²) in [5.41, 5.74) is 2.54. The van der Waals surface area contributed by atoms with Crippen LogP contribution >= 0.6 is 11.6 Å². The Morgan fingerprint density at radius 2 is 2.05 bits per heavy atom. The SMILES string of the molecule is CCNCc1cccc(Cl)c1N1CCC(N(CC)CC)C1. The fourth-order valence-corrected chi connectivity index (χ4v) is 3.61. The average molecular weight is 310 g/mol. The Morgan fingerprint density at radius 3 is 2.71 bits per heavy atom. The highest BCUT2D eigenvalue weighted by atomic mass is 35.5. The van der Waals surface area contributed by atoms with E-state index in [1.165, 1.54) is 17.7 Å². The van der Waals surface area contributed by atoms with Gasteiger partial charge < -0.3 is 10.2 Å². The van der Waals surface area contributed by atoms with E-state index < -0.39 is 0 Å². The van der Waals surface area contributed by atoms with Crippen LogP contribution in [-0.4, -0.2) is 43.7 Å². The van der Waals surface area contributed by atoms with Gasteiger partial charge in [-0.15, -0.1) is 0 Å². The Labute approximate surface area is 134 Å². The standard InChI is InChI=1S/C17H28ClN3/c1-4-19-12-14-8-7-9-16(18)17(14)21-11-10-15(13-21)20(5-2)6-3/h7-9,15,19H,4-6,10-13H2,1-3H3. The predicted molar refractivity (Wildman–Crippen MR) is 92.4 cm³/mol. The first-order valence-corrected chi connectivity index (χ1v) is 8.56. The molecule has 0 bridgehead atoms. The smallest absolute Gasteiger partial charge is 0.0642 e. The van der Waals surface area contributed by atoms with Crippen LogP contribution in [0.1, 0.15) is 32.8 Å². The second-order valence-corrected chi connectivity index (χ2v) is 6.04. The molecular formula is C17H28ClN3. The molecule has 1 atom stereocenters. The van der Waals surface area contributed by atoms with Crippen molar-refractivity contribution in [3.63, 3.8) is 0 Å². The first-order chi connectivity index (χ1) is 10.2. The molecule has 1 aliphatic rings. The Morgan fingerprint density at radius 1 is 1.29 bits per heavy atom. The molecule has 1 N–H and O–H groups in total. The van der Waals surface area contributed by atoms with Gasteiger partial charge in [0.1, 0.15) is 0 Å². The maximum Gasteiger partial charge on any atom is 0.0642 e. The summed E-state index contributed by atoms with van der Waals surface area (Å²) in [6.07, 6.45) is 1.23. The van der Waals surface area contributed by atoms with Crippen LogP contribution in [0.5, 0.6) is 0 Å². The van der Waals surface area contributed by atoms with Crippen molar-refractivity contribution in [2.75, 3.05) is 37.6 Å². The Kier molecular flexibility index (Phi) is 6.34. The normalized spacial score (nSPS) is 18.7. The fourth-order valence-electron chi connectivity index (χ4n) is 3.30. The number of halogens is 1. The number of nitrogens with zero attached hydrogens (tertiary/aromatic N) is 2. The van der Waals surface area contributed by atoms with E-state index in [0.717, 1.165) is 44.3 Å². The zero-order chi connectivity index (χ0) is 15.2. The average Bonchev–Trinajstić information content (AvgIpc) is 2.95. The van der Waals surface area contributed by atoms with Gasteiger partial charge in [-0.05, 0) is 37.7 Å². The van der Waals surface area contributed by atoms with Crippen LogP contribution in [0.15, 0.2) is 18.2 Å². The second kappa shape index (κ2) is 8.02. The van der Waals surface area contributed by atoms with Crippen LogP contribution in [0.4, 0.5) is 5.69 Å². The molecule has 1 fully saturated rings. The summed E-state index contributed by atoms with van der Waals surface area (Å²) >= 11 is 6.50. The van der Waals surface area contributed by atoms with Gasteiger partial charge in [-0.2, -0.15) is 0 Å². The van der Waals surface area contributed by atoms with Crippen molar-refractivity contribution in [3.05, 3.63) is 28.8 Å². The number of nitrogens with one attached hydrogen (secondary N) is 1. The summed E-state index contributed by atoms with van der Waals surface area (Å²) in [6, 6.07) is 6.91. The Balaban J connectivity index is 2.15. The third-order valence-electron chi connectivity index (χ3n) is 4.44. The molecule has 1 aliphatic heterocycles. The number of hydrogen-bond acceptors (Lipinski definition) is 3. The molecule has 0 amide bonds. The third kappa shape index (κ3) is 3.91. The summed E-state index contributed by atoms with van der Waals surface area (Å²) in [5, 5.41) is 4.30. The topological polar surface area (TPSA) is 18.5 Å². The van der Waals surface area contributed by atoms with E-state index in [1.807, 2.05) is 6.07 Å². The molecule has 0 spiro atoms. The van der Waals surface area contributed by atoms with Crippen molar-refractivity contribution in [3.8, 4) is 0 Å². The van der Waals surface area contributed by atoms with Crippen molar-refractivity contribution < 1.29 is 0 Å². The molecular weight excluding hydrogens is 282 g/mol. The van der Waals surface area contributed by atoms with Crippen molar-refractivity contribution in [1.82, 2.24) is 10.2 Å². The third-order valence-corrected chi connectivity index (χ3v) is 4.75. The molecule has 4 heteroatoms. The first-order valence-electron chi connectivity index (χ1n) is 8.18. The van der Waals surface area contributed by atoms with E-state index in [4.69, 9.17) is 11.6 Å². The largest absolute Gasteiger partial charge is 0.368 e. The van der Waals surface area contributed by atoms with Crippen LogP contribution in [0.2, 0.25) is 5.02 Å². The number of anilines is 1. The summed E-state index contributed by atoms with van der Waals surface area (Å²) in [7, 11) is 0. The van der Waals surface area contributed by atoms with Crippen LogP contribution in [0.3, 0.4) is 0 Å². The lowest BCUT2D eigenvalue weighted by molar-refractivity contribution is 0.232. The lowest BCUT2D eigenvalue weighted by Gasteiger charge is -2.28. The minimum atomic E-state index is 0.656. The molecule has 2 rings (SSSR count). The first kappa shape index (κ1) is 16.6. The fraction of sp³-hybridized carbons (Fsp3) is 0.647. The molecule has 1 aromatic rings. The maximum atomic E-state index is 6.50. The van der Waals surface area contributed by atoms with Crippen molar-refractivity contribution in [1.29, 1.82) is 0 Å².